The number of rotatable bonds is 8. The van der Waals surface area contributed by atoms with E-state index in [1.807, 2.05) is 13.8 Å². The maximum absolute atomic E-state index is 15.5. The van der Waals surface area contributed by atoms with Gasteiger partial charge in [0.25, 0.3) is 0 Å². The topological polar surface area (TPSA) is 58.0 Å². The van der Waals surface area contributed by atoms with Crippen LogP contribution in [0.2, 0.25) is 0 Å². The summed E-state index contributed by atoms with van der Waals surface area (Å²) in [6, 6.07) is 2.43. The molecule has 0 amide bonds. The lowest BCUT2D eigenvalue weighted by atomic mass is 9.77. The Morgan fingerprint density at radius 3 is 2.41 bits per heavy atom. The average Bonchev–Trinajstić information content (AvgIpc) is 3.50. The molecule has 9 heteroatoms. The summed E-state index contributed by atoms with van der Waals surface area (Å²) in [5.41, 5.74) is -2.59. The van der Waals surface area contributed by atoms with Crippen LogP contribution in [0, 0.1) is 12.7 Å². The molecule has 0 aliphatic heterocycles. The lowest BCUT2D eigenvalue weighted by molar-refractivity contribution is -0.141. The first-order chi connectivity index (χ1) is 14.9. The Morgan fingerprint density at radius 1 is 1.22 bits per heavy atom. The van der Waals surface area contributed by atoms with Crippen LogP contribution in [-0.4, -0.2) is 34.0 Å². The molecule has 0 radical (unpaired) electrons. The predicted molar refractivity (Wildman–Crippen MR) is 111 cm³/mol. The van der Waals surface area contributed by atoms with Gasteiger partial charge in [0.15, 0.2) is 5.82 Å². The fraction of sp³-hybridized carbons (Fsp3) is 0.565. The lowest BCUT2D eigenvalue weighted by Gasteiger charge is -2.34. The van der Waals surface area contributed by atoms with Crippen molar-refractivity contribution in [3.63, 3.8) is 0 Å². The van der Waals surface area contributed by atoms with E-state index in [2.05, 4.69) is 15.3 Å². The number of hydrogen-bond acceptors (Lipinski definition) is 4. The highest BCUT2D eigenvalue weighted by atomic mass is 19.4. The molecule has 3 rings (SSSR count). The average molecular weight is 457 g/mol. The molecule has 32 heavy (non-hydrogen) atoms. The molecule has 1 saturated carbocycles. The summed E-state index contributed by atoms with van der Waals surface area (Å²) in [7, 11) is 0. The maximum Gasteiger partial charge on any atom is 0.433 e. The molecule has 1 fully saturated rings. The number of nitrogens with zero attached hydrogens (tertiary/aromatic N) is 2. The van der Waals surface area contributed by atoms with Gasteiger partial charge in [-0.2, -0.15) is 13.2 Å². The van der Waals surface area contributed by atoms with E-state index in [0.29, 0.717) is 36.4 Å². The first-order valence-corrected chi connectivity index (χ1v) is 10.6. The van der Waals surface area contributed by atoms with Crippen molar-refractivity contribution in [3.05, 3.63) is 46.7 Å². The highest BCUT2D eigenvalue weighted by Crippen LogP contribution is 2.54. The minimum absolute atomic E-state index is 0.00713. The zero-order valence-electron chi connectivity index (χ0n) is 18.6. The Morgan fingerprint density at radius 2 is 1.88 bits per heavy atom. The van der Waals surface area contributed by atoms with E-state index in [4.69, 9.17) is 0 Å². The molecule has 2 atom stereocenters. The number of pyridine rings is 2. The molecule has 2 unspecified atom stereocenters. The van der Waals surface area contributed by atoms with E-state index in [-0.39, 0.29) is 30.5 Å². The summed E-state index contributed by atoms with van der Waals surface area (Å²) < 4.78 is 70.0. The second-order valence-corrected chi connectivity index (χ2v) is 8.81. The molecular weight excluding hydrogens is 429 g/mol. The van der Waals surface area contributed by atoms with Crippen molar-refractivity contribution in [2.75, 3.05) is 13.3 Å². The molecule has 2 heterocycles. The summed E-state index contributed by atoms with van der Waals surface area (Å²) in [4.78, 5) is 7.71. The van der Waals surface area contributed by atoms with Gasteiger partial charge in [0.1, 0.15) is 11.4 Å². The fourth-order valence-electron chi connectivity index (χ4n) is 4.13. The van der Waals surface area contributed by atoms with Gasteiger partial charge in [0.2, 0.25) is 0 Å². The van der Waals surface area contributed by atoms with Crippen molar-refractivity contribution in [1.82, 2.24) is 15.3 Å². The van der Waals surface area contributed by atoms with Gasteiger partial charge in [-0.25, -0.2) is 13.8 Å². The largest absolute Gasteiger partial charge is 0.433 e. The van der Waals surface area contributed by atoms with Crippen molar-refractivity contribution >= 4 is 0 Å². The molecular formula is C23H28F5N3O. The van der Waals surface area contributed by atoms with Crippen LogP contribution in [0.15, 0.2) is 18.3 Å². The quantitative estimate of drug-likeness (QED) is 0.410. The van der Waals surface area contributed by atoms with Crippen LogP contribution < -0.4 is 5.32 Å². The van der Waals surface area contributed by atoms with E-state index in [1.165, 1.54) is 0 Å². The van der Waals surface area contributed by atoms with Crippen LogP contribution in [-0.2, 0) is 11.6 Å². The van der Waals surface area contributed by atoms with Gasteiger partial charge in [0, 0.05) is 12.1 Å². The molecule has 2 aromatic heterocycles. The highest BCUT2D eigenvalue weighted by Gasteiger charge is 2.59. The monoisotopic (exact) mass is 457 g/mol. The summed E-state index contributed by atoms with van der Waals surface area (Å²) in [6.45, 7) is 6.98. The van der Waals surface area contributed by atoms with Crippen LogP contribution in [0.5, 0.6) is 0 Å². The number of aromatic nitrogens is 2. The van der Waals surface area contributed by atoms with E-state index in [9.17, 15) is 22.7 Å². The highest BCUT2D eigenvalue weighted by molar-refractivity contribution is 5.66. The second kappa shape index (κ2) is 8.67. The number of nitrogens with one attached hydrogen (secondary N) is 1. The molecule has 176 valence electrons. The summed E-state index contributed by atoms with van der Waals surface area (Å²) in [5.74, 6) is -0.940. The Labute approximate surface area is 184 Å². The molecule has 4 nitrogen and oxygen atoms in total. The van der Waals surface area contributed by atoms with Crippen molar-refractivity contribution in [1.29, 1.82) is 0 Å². The standard InChI is InChI=1S/C23H28F5N3O/c1-5-13(2)15-8-18(21(4,11-29-12-32)22(25)6-7-22)31-20(14(15)3)16-9-19(23(26,27)28)30-10-17(16)24/h8-10,13,29,32H,5-7,11-12H2,1-4H3. The van der Waals surface area contributed by atoms with Gasteiger partial charge in [-0.1, -0.05) is 13.8 Å². The van der Waals surface area contributed by atoms with E-state index >= 15 is 4.39 Å². The SMILES string of the molecule is CCC(C)c1cc(C(C)(CNCO)C2(F)CC2)nc(-c2cc(C(F)(F)F)ncc2F)c1C. The van der Waals surface area contributed by atoms with Crippen molar-refractivity contribution in [2.45, 2.75) is 70.1 Å². The third-order valence-corrected chi connectivity index (χ3v) is 6.69. The molecule has 2 N–H and O–H groups in total. The maximum atomic E-state index is 15.5. The Hall–Kier alpha value is -2.13. The van der Waals surface area contributed by atoms with Crippen LogP contribution in [0.4, 0.5) is 22.0 Å². The summed E-state index contributed by atoms with van der Waals surface area (Å²) in [5, 5.41) is 12.0. The number of aliphatic hydroxyl groups is 1. The Balaban J connectivity index is 2.29. The Kier molecular flexibility index (Phi) is 6.64. The van der Waals surface area contributed by atoms with Gasteiger partial charge in [0.05, 0.1) is 29.7 Å². The van der Waals surface area contributed by atoms with Gasteiger partial charge in [-0.3, -0.25) is 10.3 Å². The third-order valence-electron chi connectivity index (χ3n) is 6.69. The van der Waals surface area contributed by atoms with Crippen LogP contribution in [0.1, 0.15) is 68.5 Å². The molecule has 1 aliphatic rings. The van der Waals surface area contributed by atoms with Gasteiger partial charge in [-0.05, 0) is 62.3 Å². The normalized spacial score (nSPS) is 18.3. The van der Waals surface area contributed by atoms with Gasteiger partial charge in [-0.15, -0.1) is 0 Å². The first-order valence-electron chi connectivity index (χ1n) is 10.6. The third kappa shape index (κ3) is 4.37. The number of hydrogen-bond donors (Lipinski definition) is 2. The first kappa shape index (κ1) is 24.5. The minimum atomic E-state index is -4.75. The second-order valence-electron chi connectivity index (χ2n) is 8.81. The Bertz CT molecular complexity index is 990. The predicted octanol–water partition coefficient (Wildman–Crippen LogP) is 5.42. The summed E-state index contributed by atoms with van der Waals surface area (Å²) in [6.07, 6.45) is -2.87. The zero-order chi connectivity index (χ0) is 23.9. The molecule has 0 aromatic carbocycles. The van der Waals surface area contributed by atoms with E-state index in [1.54, 1.807) is 19.9 Å². The number of aliphatic hydroxyl groups excluding tert-OH is 1. The van der Waals surface area contributed by atoms with Crippen LogP contribution in [0.25, 0.3) is 11.3 Å². The molecule has 0 spiro atoms. The summed E-state index contributed by atoms with van der Waals surface area (Å²) >= 11 is 0. The lowest BCUT2D eigenvalue weighted by Crippen LogP contribution is -2.46. The van der Waals surface area contributed by atoms with Crippen LogP contribution in [0.3, 0.4) is 0 Å². The molecule has 1 aliphatic carbocycles. The number of alkyl halides is 4. The smallest absolute Gasteiger partial charge is 0.381 e. The van der Waals surface area contributed by atoms with Crippen molar-refractivity contribution < 1.29 is 27.1 Å². The van der Waals surface area contributed by atoms with Gasteiger partial charge < -0.3 is 5.11 Å². The van der Waals surface area contributed by atoms with E-state index in [0.717, 1.165) is 12.0 Å². The van der Waals surface area contributed by atoms with Gasteiger partial charge >= 0.3 is 6.18 Å². The van der Waals surface area contributed by atoms with Crippen LogP contribution >= 0.6 is 0 Å². The molecule has 0 saturated heterocycles. The molecule has 0 bridgehead atoms. The van der Waals surface area contributed by atoms with Crippen molar-refractivity contribution in [3.8, 4) is 11.3 Å². The minimum Gasteiger partial charge on any atom is -0.381 e. The molecule has 2 aromatic rings. The van der Waals surface area contributed by atoms with E-state index < -0.39 is 28.8 Å². The zero-order valence-corrected chi connectivity index (χ0v) is 18.6. The number of halogens is 5. The fourth-order valence-corrected chi connectivity index (χ4v) is 4.13. The van der Waals surface area contributed by atoms with Crippen molar-refractivity contribution in [2.24, 2.45) is 0 Å².